The molecule has 1 heterocycles. The van der Waals surface area contributed by atoms with Gasteiger partial charge >= 0.3 is 0 Å². The topological polar surface area (TPSA) is 153 Å². The molecule has 0 bridgehead atoms. The second-order valence-corrected chi connectivity index (χ2v) is 15.1. The summed E-state index contributed by atoms with van der Waals surface area (Å²) in [5.41, 5.74) is 5.89. The predicted molar refractivity (Wildman–Crippen MR) is 216 cm³/mol. The lowest BCUT2D eigenvalue weighted by molar-refractivity contribution is -0.0909. The van der Waals surface area contributed by atoms with E-state index in [-0.39, 0.29) is 43.4 Å². The first-order chi connectivity index (χ1) is 26.0. The highest BCUT2D eigenvalue weighted by molar-refractivity contribution is 5.85. The lowest BCUT2D eigenvalue weighted by Crippen LogP contribution is -2.44. The Bertz CT molecular complexity index is 1320. The Morgan fingerprint density at radius 1 is 0.685 bits per heavy atom. The molecule has 6 unspecified atom stereocenters. The second-order valence-electron chi connectivity index (χ2n) is 15.1. The average molecular weight is 763 g/mol. The molecule has 0 radical (unpaired) electrons. The zero-order chi connectivity index (χ0) is 39.6. The van der Waals surface area contributed by atoms with Crippen LogP contribution in [-0.4, -0.2) is 95.7 Å². The van der Waals surface area contributed by atoms with Crippen LogP contribution >= 0.6 is 0 Å². The summed E-state index contributed by atoms with van der Waals surface area (Å²) in [6, 6.07) is 6.92. The summed E-state index contributed by atoms with van der Waals surface area (Å²) in [7, 11) is 0. The largest absolute Gasteiger partial charge is 0.391 e. The minimum absolute atomic E-state index is 0.0878. The summed E-state index contributed by atoms with van der Waals surface area (Å²) in [4.78, 5) is 31.5. The standard InChI is InChI=1S/C42H74N4O8/c1-7-8-9-10-11-12-13-14-15-16-17-18-19-20-25-39(48)41-45-38-24-22-21-23-37(38)42(50)46(41)40(49)27-44-43-26-33(3)52-29-35(5)54-31-36(6)53-30-34(4)51-28-32(2)47/h21-24,32-36,39,43-44,47-48H,7-20,25-31H2,1-6H3. The molecular formula is C42H74N4O8. The van der Waals surface area contributed by atoms with Crippen LogP contribution in [0.25, 0.3) is 10.9 Å². The van der Waals surface area contributed by atoms with E-state index < -0.39 is 23.7 Å². The van der Waals surface area contributed by atoms with Crippen molar-refractivity contribution < 1.29 is 34.0 Å². The molecule has 0 aliphatic heterocycles. The van der Waals surface area contributed by atoms with E-state index in [0.717, 1.165) is 23.8 Å². The highest BCUT2D eigenvalue weighted by atomic mass is 16.6. The van der Waals surface area contributed by atoms with Crippen LogP contribution in [0.15, 0.2) is 29.1 Å². The Balaban J connectivity index is 1.72. The number of carbonyl (C=O) groups excluding carboxylic acids is 1. The smallest absolute Gasteiger partial charge is 0.268 e. The number of rotatable bonds is 33. The van der Waals surface area contributed by atoms with E-state index in [0.29, 0.717) is 43.7 Å². The van der Waals surface area contributed by atoms with Gasteiger partial charge in [-0.1, -0.05) is 109 Å². The number of benzene rings is 1. The van der Waals surface area contributed by atoms with E-state index in [1.807, 2.05) is 27.7 Å². The molecule has 1 aromatic carbocycles. The molecule has 4 N–H and O–H groups in total. The molecule has 54 heavy (non-hydrogen) atoms. The fourth-order valence-electron chi connectivity index (χ4n) is 6.11. The number of unbranched alkanes of at least 4 members (excludes halogenated alkanes) is 13. The molecular weight excluding hydrogens is 688 g/mol. The van der Waals surface area contributed by atoms with Crippen LogP contribution in [0.4, 0.5) is 0 Å². The molecule has 310 valence electrons. The van der Waals surface area contributed by atoms with E-state index in [1.54, 1.807) is 31.2 Å². The number of carbonyl (C=O) groups is 1. The molecule has 0 amide bonds. The van der Waals surface area contributed by atoms with Gasteiger partial charge < -0.3 is 29.2 Å². The number of aliphatic hydroxyl groups is 2. The van der Waals surface area contributed by atoms with Gasteiger partial charge in [0.15, 0.2) is 0 Å². The zero-order valence-corrected chi connectivity index (χ0v) is 34.4. The summed E-state index contributed by atoms with van der Waals surface area (Å²) in [6.07, 6.45) is 15.7. The Kier molecular flexibility index (Phi) is 25.7. The van der Waals surface area contributed by atoms with Gasteiger partial charge in [0.1, 0.15) is 11.9 Å². The maximum atomic E-state index is 13.5. The number of aliphatic hydroxyl groups excluding tert-OH is 2. The first kappa shape index (κ1) is 47.9. The SMILES string of the molecule is CCCCCCCCCCCCCCCCC(O)c1nc2ccccc2c(=O)n1C(=O)CNNCC(C)OCC(C)OCC(C)OCC(C)OCC(C)O. The molecule has 12 nitrogen and oxygen atoms in total. The summed E-state index contributed by atoms with van der Waals surface area (Å²) in [5, 5.41) is 20.8. The van der Waals surface area contributed by atoms with Gasteiger partial charge in [0.05, 0.1) is 74.4 Å². The highest BCUT2D eigenvalue weighted by Crippen LogP contribution is 2.21. The molecule has 0 aliphatic carbocycles. The molecule has 2 rings (SSSR count). The van der Waals surface area contributed by atoms with Crippen LogP contribution in [0.1, 0.15) is 155 Å². The maximum Gasteiger partial charge on any atom is 0.268 e. The molecule has 0 aliphatic rings. The molecule has 0 spiro atoms. The number of ether oxygens (including phenoxy) is 4. The van der Waals surface area contributed by atoms with Gasteiger partial charge in [-0.05, 0) is 53.2 Å². The highest BCUT2D eigenvalue weighted by Gasteiger charge is 2.22. The van der Waals surface area contributed by atoms with E-state index in [1.165, 1.54) is 70.6 Å². The van der Waals surface area contributed by atoms with E-state index in [4.69, 9.17) is 18.9 Å². The summed E-state index contributed by atoms with van der Waals surface area (Å²) in [5.74, 6) is -0.415. The van der Waals surface area contributed by atoms with Crippen LogP contribution in [0.3, 0.4) is 0 Å². The number of para-hydroxylation sites is 1. The van der Waals surface area contributed by atoms with Crippen molar-refractivity contribution >= 4 is 16.8 Å². The first-order valence-electron chi connectivity index (χ1n) is 20.9. The number of aromatic nitrogens is 2. The Morgan fingerprint density at radius 3 is 1.70 bits per heavy atom. The lowest BCUT2D eigenvalue weighted by Gasteiger charge is -2.21. The van der Waals surface area contributed by atoms with Gasteiger partial charge in [-0.2, -0.15) is 0 Å². The van der Waals surface area contributed by atoms with E-state index >= 15 is 0 Å². The van der Waals surface area contributed by atoms with Crippen molar-refractivity contribution in [2.45, 2.75) is 174 Å². The summed E-state index contributed by atoms with van der Waals surface area (Å²) >= 11 is 0. The maximum absolute atomic E-state index is 13.5. The third-order valence-corrected chi connectivity index (χ3v) is 9.40. The van der Waals surface area contributed by atoms with Gasteiger partial charge in [0.2, 0.25) is 5.91 Å². The fourth-order valence-corrected chi connectivity index (χ4v) is 6.11. The second kappa shape index (κ2) is 29.0. The zero-order valence-electron chi connectivity index (χ0n) is 34.4. The van der Waals surface area contributed by atoms with Crippen molar-refractivity contribution in [3.05, 3.63) is 40.4 Å². The Morgan fingerprint density at radius 2 is 1.17 bits per heavy atom. The number of nitrogens with zero attached hydrogens (tertiary/aromatic N) is 2. The van der Waals surface area contributed by atoms with Crippen molar-refractivity contribution in [1.82, 2.24) is 20.4 Å². The third-order valence-electron chi connectivity index (χ3n) is 9.40. The van der Waals surface area contributed by atoms with Crippen LogP contribution in [-0.2, 0) is 18.9 Å². The normalized spacial score (nSPS) is 15.3. The third kappa shape index (κ3) is 20.6. The molecule has 0 saturated carbocycles. The van der Waals surface area contributed by atoms with Gasteiger partial charge in [-0.15, -0.1) is 0 Å². The molecule has 0 saturated heterocycles. The predicted octanol–water partition coefficient (Wildman–Crippen LogP) is 7.04. The van der Waals surface area contributed by atoms with Gasteiger partial charge in [-0.3, -0.25) is 15.0 Å². The van der Waals surface area contributed by atoms with Crippen molar-refractivity contribution in [3.8, 4) is 0 Å². The summed E-state index contributed by atoms with van der Waals surface area (Å²) < 4.78 is 24.1. The Hall–Kier alpha value is -2.29. The average Bonchev–Trinajstić information content (AvgIpc) is 3.16. The molecule has 0 fully saturated rings. The Labute approximate surface area is 325 Å². The fraction of sp³-hybridized carbons (Fsp3) is 0.786. The molecule has 2 aromatic rings. The lowest BCUT2D eigenvalue weighted by atomic mass is 10.0. The van der Waals surface area contributed by atoms with E-state index in [9.17, 15) is 19.8 Å². The van der Waals surface area contributed by atoms with E-state index in [2.05, 4.69) is 22.8 Å². The number of fused-ring (bicyclic) bond motifs is 1. The number of nitrogens with one attached hydrogen (secondary N) is 2. The number of hydrogen-bond donors (Lipinski definition) is 4. The monoisotopic (exact) mass is 763 g/mol. The van der Waals surface area contributed by atoms with Gasteiger partial charge in [0, 0.05) is 6.54 Å². The van der Waals surface area contributed by atoms with Crippen LogP contribution in [0, 0.1) is 0 Å². The van der Waals surface area contributed by atoms with Crippen molar-refractivity contribution in [3.63, 3.8) is 0 Å². The minimum Gasteiger partial charge on any atom is -0.391 e. The quantitative estimate of drug-likeness (QED) is 0.0438. The molecule has 1 aromatic heterocycles. The van der Waals surface area contributed by atoms with Gasteiger partial charge in [-0.25, -0.2) is 15.0 Å². The van der Waals surface area contributed by atoms with Crippen LogP contribution < -0.4 is 16.4 Å². The summed E-state index contributed by atoms with van der Waals surface area (Å²) in [6.45, 7) is 13.3. The van der Waals surface area contributed by atoms with Crippen molar-refractivity contribution in [2.75, 3.05) is 39.5 Å². The van der Waals surface area contributed by atoms with Crippen LogP contribution in [0.5, 0.6) is 0 Å². The minimum atomic E-state index is -1.03. The van der Waals surface area contributed by atoms with Crippen LogP contribution in [0.2, 0.25) is 0 Å². The van der Waals surface area contributed by atoms with Gasteiger partial charge in [0.25, 0.3) is 5.56 Å². The number of hydrazine groups is 1. The molecule has 12 heteroatoms. The van der Waals surface area contributed by atoms with Crippen molar-refractivity contribution in [2.24, 2.45) is 0 Å². The number of hydrogen-bond acceptors (Lipinski definition) is 11. The molecule has 6 atom stereocenters. The first-order valence-corrected chi connectivity index (χ1v) is 20.9. The van der Waals surface area contributed by atoms with Crippen molar-refractivity contribution in [1.29, 1.82) is 0 Å².